The standard InChI is InChI=1S/C9H19NO2/c1-10(5-6-11)7-8-3-2-4-9(8)12/h8-9,11-12H,2-7H2,1H3. The normalized spacial score (nSPS) is 30.0. The van der Waals surface area contributed by atoms with Crippen LogP contribution in [0.3, 0.4) is 0 Å². The van der Waals surface area contributed by atoms with Crippen molar-refractivity contribution in [3.8, 4) is 0 Å². The molecule has 2 N–H and O–H groups in total. The van der Waals surface area contributed by atoms with Crippen molar-refractivity contribution in [2.24, 2.45) is 5.92 Å². The third-order valence-electron chi connectivity index (χ3n) is 2.65. The molecule has 1 fully saturated rings. The van der Waals surface area contributed by atoms with Gasteiger partial charge < -0.3 is 15.1 Å². The first kappa shape index (κ1) is 9.96. The second kappa shape index (κ2) is 4.80. The van der Waals surface area contributed by atoms with Gasteiger partial charge in [0.2, 0.25) is 0 Å². The highest BCUT2D eigenvalue weighted by molar-refractivity contribution is 4.78. The minimum Gasteiger partial charge on any atom is -0.395 e. The molecule has 0 aromatic rings. The number of likely N-dealkylation sites (N-methyl/N-ethyl adjacent to an activating group) is 1. The summed E-state index contributed by atoms with van der Waals surface area (Å²) in [5, 5.41) is 18.2. The second-order valence-corrected chi connectivity index (χ2v) is 3.74. The molecule has 2 unspecified atom stereocenters. The Bertz CT molecular complexity index is 130. The van der Waals surface area contributed by atoms with Crippen LogP contribution in [0.1, 0.15) is 19.3 Å². The van der Waals surface area contributed by atoms with E-state index < -0.39 is 0 Å². The van der Waals surface area contributed by atoms with Crippen LogP contribution in [0.2, 0.25) is 0 Å². The molecule has 3 nitrogen and oxygen atoms in total. The van der Waals surface area contributed by atoms with Gasteiger partial charge >= 0.3 is 0 Å². The van der Waals surface area contributed by atoms with Gasteiger partial charge in [-0.25, -0.2) is 0 Å². The van der Waals surface area contributed by atoms with Crippen LogP contribution in [0, 0.1) is 5.92 Å². The van der Waals surface area contributed by atoms with Crippen LogP contribution < -0.4 is 0 Å². The minimum atomic E-state index is -0.105. The third kappa shape index (κ3) is 2.73. The highest BCUT2D eigenvalue weighted by atomic mass is 16.3. The number of hydrogen-bond donors (Lipinski definition) is 2. The molecule has 0 bridgehead atoms. The zero-order valence-corrected chi connectivity index (χ0v) is 7.74. The van der Waals surface area contributed by atoms with E-state index in [-0.39, 0.29) is 12.7 Å². The van der Waals surface area contributed by atoms with E-state index in [2.05, 4.69) is 4.90 Å². The fraction of sp³-hybridized carbons (Fsp3) is 1.00. The summed E-state index contributed by atoms with van der Waals surface area (Å²) in [5.41, 5.74) is 0. The second-order valence-electron chi connectivity index (χ2n) is 3.74. The number of rotatable bonds is 4. The third-order valence-corrected chi connectivity index (χ3v) is 2.65. The van der Waals surface area contributed by atoms with E-state index >= 15 is 0 Å². The molecule has 0 radical (unpaired) electrons. The average molecular weight is 173 g/mol. The van der Waals surface area contributed by atoms with Gasteiger partial charge in [-0.05, 0) is 25.8 Å². The Balaban J connectivity index is 2.20. The van der Waals surface area contributed by atoms with Gasteiger partial charge in [0.05, 0.1) is 12.7 Å². The summed E-state index contributed by atoms with van der Waals surface area (Å²) in [6.07, 6.45) is 3.14. The quantitative estimate of drug-likeness (QED) is 0.632. The first-order chi connectivity index (χ1) is 5.74. The lowest BCUT2D eigenvalue weighted by atomic mass is 10.1. The van der Waals surface area contributed by atoms with Crippen LogP contribution >= 0.6 is 0 Å². The maximum absolute atomic E-state index is 9.52. The first-order valence-corrected chi connectivity index (χ1v) is 4.71. The van der Waals surface area contributed by atoms with Crippen molar-refractivity contribution in [3.63, 3.8) is 0 Å². The molecule has 72 valence electrons. The Hall–Kier alpha value is -0.120. The molecule has 1 saturated carbocycles. The number of hydrogen-bond acceptors (Lipinski definition) is 3. The van der Waals surface area contributed by atoms with Crippen molar-refractivity contribution in [1.82, 2.24) is 4.90 Å². The van der Waals surface area contributed by atoms with E-state index in [4.69, 9.17) is 5.11 Å². The molecule has 0 saturated heterocycles. The molecule has 2 atom stereocenters. The van der Waals surface area contributed by atoms with Crippen LogP contribution in [0.4, 0.5) is 0 Å². The van der Waals surface area contributed by atoms with Gasteiger partial charge in [-0.15, -0.1) is 0 Å². The van der Waals surface area contributed by atoms with E-state index in [1.54, 1.807) is 0 Å². The molecule has 0 amide bonds. The van der Waals surface area contributed by atoms with Crippen LogP contribution in [-0.4, -0.2) is 48.0 Å². The minimum absolute atomic E-state index is 0.105. The Labute approximate surface area is 74.0 Å². The summed E-state index contributed by atoms with van der Waals surface area (Å²) in [5.74, 6) is 0.432. The van der Waals surface area contributed by atoms with E-state index in [9.17, 15) is 5.11 Å². The highest BCUT2D eigenvalue weighted by Crippen LogP contribution is 2.25. The summed E-state index contributed by atoms with van der Waals surface area (Å²) in [6, 6.07) is 0. The lowest BCUT2D eigenvalue weighted by molar-refractivity contribution is 0.103. The van der Waals surface area contributed by atoms with E-state index in [0.717, 1.165) is 25.8 Å². The van der Waals surface area contributed by atoms with Crippen molar-refractivity contribution in [1.29, 1.82) is 0 Å². The molecule has 12 heavy (non-hydrogen) atoms. The van der Waals surface area contributed by atoms with Gasteiger partial charge in [0, 0.05) is 13.1 Å². The smallest absolute Gasteiger partial charge is 0.0580 e. The monoisotopic (exact) mass is 173 g/mol. The van der Waals surface area contributed by atoms with Gasteiger partial charge in [-0.3, -0.25) is 0 Å². The molecular weight excluding hydrogens is 154 g/mol. The van der Waals surface area contributed by atoms with Gasteiger partial charge in [0.25, 0.3) is 0 Å². The maximum Gasteiger partial charge on any atom is 0.0580 e. The molecule has 0 heterocycles. The Morgan fingerprint density at radius 2 is 2.17 bits per heavy atom. The first-order valence-electron chi connectivity index (χ1n) is 4.71. The number of aliphatic hydroxyl groups excluding tert-OH is 2. The van der Waals surface area contributed by atoms with E-state index in [0.29, 0.717) is 12.5 Å². The molecule has 0 spiro atoms. The summed E-state index contributed by atoms with van der Waals surface area (Å²) < 4.78 is 0. The molecule has 1 aliphatic carbocycles. The van der Waals surface area contributed by atoms with Gasteiger partial charge in [-0.1, -0.05) is 6.42 Å². The lowest BCUT2D eigenvalue weighted by Gasteiger charge is -2.21. The maximum atomic E-state index is 9.52. The van der Waals surface area contributed by atoms with Crippen molar-refractivity contribution >= 4 is 0 Å². The molecule has 1 rings (SSSR count). The van der Waals surface area contributed by atoms with Gasteiger partial charge in [0.1, 0.15) is 0 Å². The molecule has 0 aromatic carbocycles. The van der Waals surface area contributed by atoms with Crippen LogP contribution in [0.5, 0.6) is 0 Å². The van der Waals surface area contributed by atoms with Gasteiger partial charge in [-0.2, -0.15) is 0 Å². The predicted octanol–water partition coefficient (Wildman–Crippen LogP) is 0.0715. The number of aliphatic hydroxyl groups is 2. The van der Waals surface area contributed by atoms with Crippen molar-refractivity contribution in [3.05, 3.63) is 0 Å². The molecule has 1 aliphatic rings. The molecule has 0 aliphatic heterocycles. The van der Waals surface area contributed by atoms with Crippen LogP contribution in [0.25, 0.3) is 0 Å². The topological polar surface area (TPSA) is 43.7 Å². The number of nitrogens with zero attached hydrogens (tertiary/aromatic N) is 1. The molecule has 3 heteroatoms. The van der Waals surface area contributed by atoms with Crippen LogP contribution in [0.15, 0.2) is 0 Å². The van der Waals surface area contributed by atoms with Crippen molar-refractivity contribution in [2.75, 3.05) is 26.7 Å². The largest absolute Gasteiger partial charge is 0.395 e. The zero-order chi connectivity index (χ0) is 8.97. The van der Waals surface area contributed by atoms with Crippen molar-refractivity contribution in [2.45, 2.75) is 25.4 Å². The Kier molecular flexibility index (Phi) is 3.98. The summed E-state index contributed by atoms with van der Waals surface area (Å²) in [7, 11) is 1.99. The SMILES string of the molecule is CN(CCO)CC1CCCC1O. The highest BCUT2D eigenvalue weighted by Gasteiger charge is 2.25. The van der Waals surface area contributed by atoms with Gasteiger partial charge in [0.15, 0.2) is 0 Å². The molecular formula is C9H19NO2. The summed E-state index contributed by atoms with van der Waals surface area (Å²) in [6.45, 7) is 1.84. The summed E-state index contributed by atoms with van der Waals surface area (Å²) in [4.78, 5) is 2.08. The van der Waals surface area contributed by atoms with Crippen LogP contribution in [-0.2, 0) is 0 Å². The Morgan fingerprint density at radius 3 is 2.67 bits per heavy atom. The van der Waals surface area contributed by atoms with E-state index in [1.165, 1.54) is 0 Å². The lowest BCUT2D eigenvalue weighted by Crippen LogP contribution is -2.31. The Morgan fingerprint density at radius 1 is 1.42 bits per heavy atom. The van der Waals surface area contributed by atoms with E-state index in [1.807, 2.05) is 7.05 Å². The fourth-order valence-electron chi connectivity index (χ4n) is 1.89. The predicted molar refractivity (Wildman–Crippen MR) is 47.9 cm³/mol. The fourth-order valence-corrected chi connectivity index (χ4v) is 1.89. The zero-order valence-electron chi connectivity index (χ0n) is 7.74. The van der Waals surface area contributed by atoms with Crippen molar-refractivity contribution < 1.29 is 10.2 Å². The average Bonchev–Trinajstić information content (AvgIpc) is 2.37. The summed E-state index contributed by atoms with van der Waals surface area (Å²) >= 11 is 0. The molecule has 0 aromatic heterocycles.